The van der Waals surface area contributed by atoms with Gasteiger partial charge in [-0.15, -0.1) is 0 Å². The van der Waals surface area contributed by atoms with Crippen LogP contribution in [-0.2, 0) is 16.1 Å². The maximum absolute atomic E-state index is 12.2. The summed E-state index contributed by atoms with van der Waals surface area (Å²) in [5, 5.41) is 3.02. The number of hydrogen-bond donors (Lipinski definition) is 1. The van der Waals surface area contributed by atoms with Crippen LogP contribution in [-0.4, -0.2) is 35.6 Å². The van der Waals surface area contributed by atoms with E-state index in [9.17, 15) is 4.79 Å². The molecule has 1 aliphatic carbocycles. The van der Waals surface area contributed by atoms with Crippen molar-refractivity contribution in [1.29, 1.82) is 0 Å². The summed E-state index contributed by atoms with van der Waals surface area (Å²) >= 11 is 0. The third-order valence-corrected chi connectivity index (χ3v) is 4.62. The molecule has 1 N–H and O–H groups in total. The van der Waals surface area contributed by atoms with Crippen molar-refractivity contribution in [1.82, 2.24) is 9.55 Å². The minimum absolute atomic E-state index is 0.0613. The van der Waals surface area contributed by atoms with E-state index in [4.69, 9.17) is 4.74 Å². The molecule has 0 aliphatic heterocycles. The Kier molecular flexibility index (Phi) is 6.01. The Morgan fingerprint density at radius 1 is 1.52 bits per heavy atom. The van der Waals surface area contributed by atoms with Gasteiger partial charge in [0.05, 0.1) is 18.3 Å². The highest BCUT2D eigenvalue weighted by molar-refractivity contribution is 6.00. The first-order chi connectivity index (χ1) is 13.1. The van der Waals surface area contributed by atoms with E-state index in [1.807, 2.05) is 25.3 Å². The molecule has 0 atom stereocenters. The third kappa shape index (κ3) is 4.81. The van der Waals surface area contributed by atoms with Crippen molar-refractivity contribution in [3.05, 3.63) is 36.0 Å². The molecule has 0 spiro atoms. The van der Waals surface area contributed by atoms with Crippen molar-refractivity contribution in [3.8, 4) is 0 Å². The number of allylic oxidation sites excluding steroid dienone is 1. The van der Waals surface area contributed by atoms with Crippen molar-refractivity contribution < 1.29 is 9.53 Å². The molecular weight excluding hydrogens is 342 g/mol. The fourth-order valence-corrected chi connectivity index (χ4v) is 3.01. The van der Waals surface area contributed by atoms with Gasteiger partial charge in [0.2, 0.25) is 11.8 Å². The molecule has 2 aromatic rings. The summed E-state index contributed by atoms with van der Waals surface area (Å²) in [6.45, 7) is 6.07. The van der Waals surface area contributed by atoms with Crippen LogP contribution in [0.15, 0.2) is 46.0 Å². The zero-order chi connectivity index (χ0) is 19.2. The van der Waals surface area contributed by atoms with Crippen LogP contribution in [0.4, 0.5) is 5.69 Å². The van der Waals surface area contributed by atoms with Crippen molar-refractivity contribution in [2.75, 3.05) is 12.4 Å². The van der Waals surface area contributed by atoms with Gasteiger partial charge in [-0.25, -0.2) is 4.99 Å². The monoisotopic (exact) mass is 367 g/mol. The molecule has 7 nitrogen and oxygen atoms in total. The van der Waals surface area contributed by atoms with Crippen LogP contribution in [0.25, 0.3) is 11.0 Å². The molecule has 1 amide bonds. The Bertz CT molecular complexity index is 893. The minimum atomic E-state index is 0.0613. The average molecular weight is 367 g/mol. The van der Waals surface area contributed by atoms with Crippen molar-refractivity contribution in [2.45, 2.75) is 39.2 Å². The lowest BCUT2D eigenvalue weighted by Crippen LogP contribution is -2.11. The number of nitrogens with zero attached hydrogens (tertiary/aromatic N) is 4. The topological polar surface area (TPSA) is 80.9 Å². The van der Waals surface area contributed by atoms with Gasteiger partial charge in [0.15, 0.2) is 0 Å². The number of methoxy groups -OCH3 is 1. The molecule has 7 heteroatoms. The number of carbonyl (C=O) groups excluding carboxylic acids is 1. The Morgan fingerprint density at radius 2 is 2.33 bits per heavy atom. The van der Waals surface area contributed by atoms with Gasteiger partial charge in [0.25, 0.3) is 0 Å². The number of ether oxygens (including phenoxy) is 1. The minimum Gasteiger partial charge on any atom is -0.481 e. The first-order valence-electron chi connectivity index (χ1n) is 9.08. The standard InChI is InChI=1S/C20H25N5O2/c1-14(20(27-3)23-13-21-2)8-10-25-12-16(19-17(25)5-4-9-22-19)24-18(26)11-15-6-7-15/h4-5,9,12-13,15H,2,6-8,10-11H2,1,3H3,(H,24,26)/b20-14+,23-13?. The molecule has 0 radical (unpaired) electrons. The number of aromatic nitrogens is 2. The van der Waals surface area contributed by atoms with Crippen LogP contribution in [0, 0.1) is 5.92 Å². The third-order valence-electron chi connectivity index (χ3n) is 4.62. The fraction of sp³-hybridized carbons (Fsp3) is 0.400. The van der Waals surface area contributed by atoms with Gasteiger partial charge in [-0.05, 0) is 56.5 Å². The molecule has 3 rings (SSSR count). The van der Waals surface area contributed by atoms with E-state index >= 15 is 0 Å². The maximum Gasteiger partial charge on any atom is 0.224 e. The summed E-state index contributed by atoms with van der Waals surface area (Å²) in [5.74, 6) is 1.15. The highest BCUT2D eigenvalue weighted by Gasteiger charge is 2.25. The van der Waals surface area contributed by atoms with Crippen LogP contribution < -0.4 is 5.32 Å². The predicted octanol–water partition coefficient (Wildman–Crippen LogP) is 3.77. The molecule has 1 saturated carbocycles. The molecule has 2 heterocycles. The summed E-state index contributed by atoms with van der Waals surface area (Å²) in [6.07, 6.45) is 8.71. The van der Waals surface area contributed by atoms with Crippen molar-refractivity contribution >= 4 is 35.7 Å². The Morgan fingerprint density at radius 3 is 3.04 bits per heavy atom. The van der Waals surface area contributed by atoms with Crippen LogP contribution >= 0.6 is 0 Å². The molecule has 0 aromatic carbocycles. The fourth-order valence-electron chi connectivity index (χ4n) is 3.01. The first-order valence-corrected chi connectivity index (χ1v) is 9.08. The number of carbonyl (C=O) groups is 1. The maximum atomic E-state index is 12.2. The van der Waals surface area contributed by atoms with E-state index in [1.165, 1.54) is 6.34 Å². The van der Waals surface area contributed by atoms with Gasteiger partial charge >= 0.3 is 0 Å². The molecule has 142 valence electrons. The van der Waals surface area contributed by atoms with Crippen LogP contribution in [0.2, 0.25) is 0 Å². The molecule has 0 saturated heterocycles. The number of hydrogen-bond acceptors (Lipinski definition) is 4. The summed E-state index contributed by atoms with van der Waals surface area (Å²) in [7, 11) is 1.59. The largest absolute Gasteiger partial charge is 0.481 e. The van der Waals surface area contributed by atoms with Crippen LogP contribution in [0.5, 0.6) is 0 Å². The number of aryl methyl sites for hydroxylation is 1. The summed E-state index contributed by atoms with van der Waals surface area (Å²) in [5.41, 5.74) is 3.56. The van der Waals surface area contributed by atoms with E-state index < -0.39 is 0 Å². The van der Waals surface area contributed by atoms with Gasteiger partial charge in [-0.2, -0.15) is 0 Å². The van der Waals surface area contributed by atoms with Crippen molar-refractivity contribution in [2.24, 2.45) is 15.9 Å². The molecule has 2 aromatic heterocycles. The lowest BCUT2D eigenvalue weighted by Gasteiger charge is -2.08. The number of nitrogens with one attached hydrogen (secondary N) is 1. The van der Waals surface area contributed by atoms with Crippen molar-refractivity contribution in [3.63, 3.8) is 0 Å². The van der Waals surface area contributed by atoms with Crippen LogP contribution in [0.3, 0.4) is 0 Å². The Labute approximate surface area is 158 Å². The average Bonchev–Trinajstić information content (AvgIpc) is 3.42. The second-order valence-electron chi connectivity index (χ2n) is 6.77. The quantitative estimate of drug-likeness (QED) is 0.416. The van der Waals surface area contributed by atoms with E-state index in [0.29, 0.717) is 18.2 Å². The highest BCUT2D eigenvalue weighted by Crippen LogP contribution is 2.33. The van der Waals surface area contributed by atoms with E-state index in [1.54, 1.807) is 13.3 Å². The molecule has 1 aliphatic rings. The summed E-state index contributed by atoms with van der Waals surface area (Å²) in [6, 6.07) is 3.91. The predicted molar refractivity (Wildman–Crippen MR) is 108 cm³/mol. The number of anilines is 1. The first kappa shape index (κ1) is 18.8. The number of pyridine rings is 1. The van der Waals surface area contributed by atoms with E-state index in [2.05, 4.69) is 31.6 Å². The number of amides is 1. The summed E-state index contributed by atoms with van der Waals surface area (Å²) in [4.78, 5) is 24.4. The Balaban J connectivity index is 1.77. The number of rotatable bonds is 9. The lowest BCUT2D eigenvalue weighted by atomic mass is 10.2. The lowest BCUT2D eigenvalue weighted by molar-refractivity contribution is -0.116. The zero-order valence-electron chi connectivity index (χ0n) is 15.8. The van der Waals surface area contributed by atoms with Gasteiger partial charge in [0.1, 0.15) is 11.9 Å². The SMILES string of the molecule is C=NC=N/C(OC)=C(/C)CCn1cc(NC(=O)CC2CC2)c2ncccc21. The zero-order valence-corrected chi connectivity index (χ0v) is 15.8. The van der Waals surface area contributed by atoms with E-state index in [-0.39, 0.29) is 5.91 Å². The normalized spacial score (nSPS) is 15.0. The van der Waals surface area contributed by atoms with Gasteiger partial charge in [-0.3, -0.25) is 14.8 Å². The van der Waals surface area contributed by atoms with Crippen LogP contribution in [0.1, 0.15) is 32.6 Å². The number of aliphatic imine (C=N–C) groups is 2. The Hall–Kier alpha value is -2.96. The molecular formula is C20H25N5O2. The smallest absolute Gasteiger partial charge is 0.224 e. The second kappa shape index (κ2) is 8.62. The van der Waals surface area contributed by atoms with Gasteiger partial charge in [-0.1, -0.05) is 0 Å². The van der Waals surface area contributed by atoms with Gasteiger partial charge in [0, 0.05) is 25.4 Å². The summed E-state index contributed by atoms with van der Waals surface area (Å²) < 4.78 is 7.40. The molecule has 1 fully saturated rings. The number of fused-ring (bicyclic) bond motifs is 1. The van der Waals surface area contributed by atoms with E-state index in [0.717, 1.165) is 48.1 Å². The molecule has 0 bridgehead atoms. The molecule has 0 unspecified atom stereocenters. The van der Waals surface area contributed by atoms with Gasteiger partial charge < -0.3 is 14.6 Å². The highest BCUT2D eigenvalue weighted by atomic mass is 16.5. The second-order valence-corrected chi connectivity index (χ2v) is 6.77. The molecule has 27 heavy (non-hydrogen) atoms.